The molecule has 1 heterocycles. The zero-order valence-corrected chi connectivity index (χ0v) is 11.4. The molecule has 2 aromatic rings. The third kappa shape index (κ3) is 3.12. The molecule has 0 fully saturated rings. The van der Waals surface area contributed by atoms with Crippen molar-refractivity contribution in [3.05, 3.63) is 30.2 Å². The molecule has 5 heteroatoms. The van der Waals surface area contributed by atoms with Crippen molar-refractivity contribution < 1.29 is 13.9 Å². The molecular formula is C14H18N2O3. The highest BCUT2D eigenvalue weighted by atomic mass is 16.5. The van der Waals surface area contributed by atoms with Gasteiger partial charge in [-0.3, -0.25) is 4.79 Å². The van der Waals surface area contributed by atoms with Crippen molar-refractivity contribution in [3.63, 3.8) is 0 Å². The van der Waals surface area contributed by atoms with Gasteiger partial charge >= 0.3 is 5.97 Å². The molecule has 0 aliphatic carbocycles. The zero-order valence-electron chi connectivity index (χ0n) is 11.4. The fourth-order valence-corrected chi connectivity index (χ4v) is 2.16. The summed E-state index contributed by atoms with van der Waals surface area (Å²) in [5.74, 6) is -0.187. The first kappa shape index (κ1) is 13.5. The predicted molar refractivity (Wildman–Crippen MR) is 71.7 cm³/mol. The van der Waals surface area contributed by atoms with E-state index in [0.29, 0.717) is 12.8 Å². The number of nitrogens with zero attached hydrogens (tertiary/aromatic N) is 2. The van der Waals surface area contributed by atoms with E-state index in [2.05, 4.69) is 14.6 Å². The minimum absolute atomic E-state index is 0.147. The van der Waals surface area contributed by atoms with Gasteiger partial charge in [-0.05, 0) is 38.2 Å². The summed E-state index contributed by atoms with van der Waals surface area (Å²) in [4.78, 5) is 17.5. The highest BCUT2D eigenvalue weighted by Crippen LogP contribution is 2.26. The Kier molecular flexibility index (Phi) is 4.16. The first-order valence-electron chi connectivity index (χ1n) is 6.18. The van der Waals surface area contributed by atoms with Gasteiger partial charge < -0.3 is 14.1 Å². The van der Waals surface area contributed by atoms with Gasteiger partial charge in [-0.15, -0.1) is 0 Å². The molecule has 0 saturated carbocycles. The summed E-state index contributed by atoms with van der Waals surface area (Å²) in [6.45, 7) is 0. The van der Waals surface area contributed by atoms with Gasteiger partial charge in [0.15, 0.2) is 12.0 Å². The van der Waals surface area contributed by atoms with Crippen LogP contribution in [0.2, 0.25) is 0 Å². The molecule has 5 nitrogen and oxygen atoms in total. The van der Waals surface area contributed by atoms with Crippen molar-refractivity contribution in [3.8, 4) is 0 Å². The standard InChI is InChI=1S/C14H18N2O3/c1-16(2)12(6-7-14(17)18-3)10-4-5-11-13(8-10)19-9-15-11/h4-5,8-9,12H,6-7H2,1-3H3. The third-order valence-electron chi connectivity index (χ3n) is 3.21. The van der Waals surface area contributed by atoms with Crippen molar-refractivity contribution >= 4 is 17.1 Å². The lowest BCUT2D eigenvalue weighted by molar-refractivity contribution is -0.141. The number of carbonyl (C=O) groups is 1. The van der Waals surface area contributed by atoms with Gasteiger partial charge in [-0.1, -0.05) is 6.07 Å². The molecule has 1 aromatic heterocycles. The maximum absolute atomic E-state index is 11.3. The van der Waals surface area contributed by atoms with Gasteiger partial charge in [-0.2, -0.15) is 0 Å². The molecule has 0 N–H and O–H groups in total. The van der Waals surface area contributed by atoms with Crippen LogP contribution in [0.15, 0.2) is 29.0 Å². The second kappa shape index (κ2) is 5.84. The van der Waals surface area contributed by atoms with Crippen LogP contribution in [0.3, 0.4) is 0 Å². The predicted octanol–water partition coefficient (Wildman–Crippen LogP) is 2.38. The summed E-state index contributed by atoms with van der Waals surface area (Å²) < 4.78 is 10.0. The molecular weight excluding hydrogens is 244 g/mol. The minimum Gasteiger partial charge on any atom is -0.469 e. The van der Waals surface area contributed by atoms with E-state index in [0.717, 1.165) is 16.7 Å². The maximum atomic E-state index is 11.3. The van der Waals surface area contributed by atoms with Crippen LogP contribution in [-0.4, -0.2) is 37.1 Å². The van der Waals surface area contributed by atoms with Crippen molar-refractivity contribution in [2.45, 2.75) is 18.9 Å². The fraction of sp³-hybridized carbons (Fsp3) is 0.429. The summed E-state index contributed by atoms with van der Waals surface area (Å²) in [5, 5.41) is 0. The van der Waals surface area contributed by atoms with Gasteiger partial charge in [0.1, 0.15) is 5.52 Å². The first-order chi connectivity index (χ1) is 9.11. The third-order valence-corrected chi connectivity index (χ3v) is 3.21. The summed E-state index contributed by atoms with van der Waals surface area (Å²) in [7, 11) is 5.40. The molecule has 0 amide bonds. The fourth-order valence-electron chi connectivity index (χ4n) is 2.16. The van der Waals surface area contributed by atoms with Crippen molar-refractivity contribution in [2.24, 2.45) is 0 Å². The topological polar surface area (TPSA) is 55.6 Å². The molecule has 1 atom stereocenters. The van der Waals surface area contributed by atoms with Gasteiger partial charge in [0.25, 0.3) is 0 Å². The maximum Gasteiger partial charge on any atom is 0.305 e. The summed E-state index contributed by atoms with van der Waals surface area (Å²) in [6, 6.07) is 6.08. The second-order valence-electron chi connectivity index (χ2n) is 4.67. The number of rotatable bonds is 5. The Hall–Kier alpha value is -1.88. The zero-order chi connectivity index (χ0) is 13.8. The highest BCUT2D eigenvalue weighted by molar-refractivity contribution is 5.73. The van der Waals surface area contributed by atoms with E-state index in [-0.39, 0.29) is 12.0 Å². The Balaban J connectivity index is 2.19. The largest absolute Gasteiger partial charge is 0.469 e. The van der Waals surface area contributed by atoms with E-state index in [1.165, 1.54) is 13.5 Å². The van der Waals surface area contributed by atoms with E-state index in [1.54, 1.807) is 0 Å². The van der Waals surface area contributed by atoms with Crippen LogP contribution in [0.4, 0.5) is 0 Å². The molecule has 0 saturated heterocycles. The van der Waals surface area contributed by atoms with Gasteiger partial charge in [-0.25, -0.2) is 4.98 Å². The number of esters is 1. The lowest BCUT2D eigenvalue weighted by atomic mass is 10.0. The highest BCUT2D eigenvalue weighted by Gasteiger charge is 2.17. The smallest absolute Gasteiger partial charge is 0.305 e. The van der Waals surface area contributed by atoms with Crippen LogP contribution in [0.1, 0.15) is 24.4 Å². The Morgan fingerprint density at radius 3 is 2.95 bits per heavy atom. The van der Waals surface area contributed by atoms with Crippen LogP contribution >= 0.6 is 0 Å². The molecule has 2 rings (SSSR count). The molecule has 19 heavy (non-hydrogen) atoms. The van der Waals surface area contributed by atoms with E-state index < -0.39 is 0 Å². The van der Waals surface area contributed by atoms with E-state index in [1.807, 2.05) is 32.3 Å². The van der Waals surface area contributed by atoms with E-state index >= 15 is 0 Å². The molecule has 0 bridgehead atoms. The average Bonchev–Trinajstić information content (AvgIpc) is 2.85. The number of oxazole rings is 1. The molecule has 0 aliphatic rings. The van der Waals surface area contributed by atoms with Crippen LogP contribution in [0.5, 0.6) is 0 Å². The number of carbonyl (C=O) groups excluding carboxylic acids is 1. The number of fused-ring (bicyclic) bond motifs is 1. The van der Waals surface area contributed by atoms with E-state index in [9.17, 15) is 4.79 Å². The molecule has 102 valence electrons. The van der Waals surface area contributed by atoms with Crippen molar-refractivity contribution in [2.75, 3.05) is 21.2 Å². The Labute approximate surface area is 112 Å². The van der Waals surface area contributed by atoms with Crippen molar-refractivity contribution in [1.29, 1.82) is 0 Å². The van der Waals surface area contributed by atoms with Crippen LogP contribution in [-0.2, 0) is 9.53 Å². The van der Waals surface area contributed by atoms with Crippen LogP contribution < -0.4 is 0 Å². The van der Waals surface area contributed by atoms with Gasteiger partial charge in [0.05, 0.1) is 7.11 Å². The number of ether oxygens (including phenoxy) is 1. The lowest BCUT2D eigenvalue weighted by Crippen LogP contribution is -2.21. The normalized spacial score (nSPS) is 12.8. The molecule has 0 spiro atoms. The molecule has 1 unspecified atom stereocenters. The molecule has 0 radical (unpaired) electrons. The average molecular weight is 262 g/mol. The SMILES string of the molecule is COC(=O)CCC(c1ccc2ncoc2c1)N(C)C. The van der Waals surface area contributed by atoms with Crippen LogP contribution in [0, 0.1) is 0 Å². The Bertz CT molecular complexity index is 563. The number of hydrogen-bond acceptors (Lipinski definition) is 5. The Morgan fingerprint density at radius 1 is 1.47 bits per heavy atom. The molecule has 0 aliphatic heterocycles. The molecule has 1 aromatic carbocycles. The van der Waals surface area contributed by atoms with Crippen molar-refractivity contribution in [1.82, 2.24) is 9.88 Å². The number of benzene rings is 1. The summed E-state index contributed by atoms with van der Waals surface area (Å²) in [6.07, 6.45) is 2.54. The lowest BCUT2D eigenvalue weighted by Gasteiger charge is -2.24. The number of hydrogen-bond donors (Lipinski definition) is 0. The quantitative estimate of drug-likeness (QED) is 0.774. The second-order valence-corrected chi connectivity index (χ2v) is 4.67. The number of methoxy groups -OCH3 is 1. The van der Waals surface area contributed by atoms with Gasteiger partial charge in [0, 0.05) is 12.5 Å². The number of aromatic nitrogens is 1. The summed E-state index contributed by atoms with van der Waals surface area (Å²) >= 11 is 0. The Morgan fingerprint density at radius 2 is 2.26 bits per heavy atom. The van der Waals surface area contributed by atoms with Crippen LogP contribution in [0.25, 0.3) is 11.1 Å². The summed E-state index contributed by atoms with van der Waals surface area (Å²) in [5.41, 5.74) is 2.72. The van der Waals surface area contributed by atoms with Gasteiger partial charge in [0.2, 0.25) is 0 Å². The minimum atomic E-state index is -0.187. The first-order valence-corrected chi connectivity index (χ1v) is 6.18. The monoisotopic (exact) mass is 262 g/mol. The van der Waals surface area contributed by atoms with E-state index in [4.69, 9.17) is 4.42 Å².